The van der Waals surface area contributed by atoms with Gasteiger partial charge in [0.1, 0.15) is 0 Å². The Labute approximate surface area is 109 Å². The molecule has 3 rings (SSSR count). The van der Waals surface area contributed by atoms with Crippen molar-refractivity contribution in [3.63, 3.8) is 0 Å². The van der Waals surface area contributed by atoms with Crippen LogP contribution in [0.5, 0.6) is 5.75 Å². The van der Waals surface area contributed by atoms with Crippen LogP contribution in [-0.4, -0.2) is 30.4 Å². The number of rotatable bonds is 2. The second-order valence-electron chi connectivity index (χ2n) is 3.72. The van der Waals surface area contributed by atoms with Gasteiger partial charge in [-0.05, 0) is 0 Å². The zero-order valence-electron chi connectivity index (χ0n) is 9.66. The SMILES string of the molecule is COc1cccc2c(=O)n(-c3ccccn3)[se]c12. The average Bonchev–Trinajstić information content (AvgIpc) is 2.77. The molecule has 0 fully saturated rings. The van der Waals surface area contributed by atoms with E-state index in [-0.39, 0.29) is 20.3 Å². The van der Waals surface area contributed by atoms with Crippen LogP contribution in [0.1, 0.15) is 0 Å². The first-order valence-corrected chi connectivity index (χ1v) is 7.04. The maximum atomic E-state index is 12.3. The topological polar surface area (TPSA) is 44.1 Å². The number of ether oxygens (including phenoxy) is 1. The Bertz CT molecular complexity index is 747. The third-order valence-corrected chi connectivity index (χ3v) is 5.04. The Kier molecular flexibility index (Phi) is 2.78. The van der Waals surface area contributed by atoms with E-state index in [0.29, 0.717) is 5.82 Å². The van der Waals surface area contributed by atoms with E-state index in [0.717, 1.165) is 15.4 Å². The number of methoxy groups -OCH3 is 1. The fourth-order valence-electron chi connectivity index (χ4n) is 1.81. The normalized spacial score (nSPS) is 10.7. The van der Waals surface area contributed by atoms with Gasteiger partial charge in [0.25, 0.3) is 0 Å². The molecule has 1 aromatic carbocycles. The van der Waals surface area contributed by atoms with Crippen molar-refractivity contribution in [3.05, 3.63) is 52.9 Å². The quantitative estimate of drug-likeness (QED) is 0.673. The van der Waals surface area contributed by atoms with Gasteiger partial charge in [0, 0.05) is 0 Å². The summed E-state index contributed by atoms with van der Waals surface area (Å²) in [7, 11) is 1.62. The van der Waals surface area contributed by atoms with Crippen LogP contribution < -0.4 is 10.3 Å². The molecule has 0 aliphatic carbocycles. The summed E-state index contributed by atoms with van der Waals surface area (Å²) in [5.74, 6) is 1.47. The first kappa shape index (κ1) is 11.3. The monoisotopic (exact) mass is 306 g/mol. The molecule has 18 heavy (non-hydrogen) atoms. The molecule has 4 nitrogen and oxygen atoms in total. The van der Waals surface area contributed by atoms with Crippen molar-refractivity contribution >= 4 is 24.4 Å². The van der Waals surface area contributed by atoms with Crippen LogP contribution in [0.3, 0.4) is 0 Å². The summed E-state index contributed by atoms with van der Waals surface area (Å²) in [4.78, 5) is 16.5. The number of benzene rings is 1. The van der Waals surface area contributed by atoms with Crippen LogP contribution in [0.2, 0.25) is 0 Å². The number of aromatic nitrogens is 2. The van der Waals surface area contributed by atoms with Gasteiger partial charge in [0.15, 0.2) is 0 Å². The second-order valence-corrected chi connectivity index (χ2v) is 5.72. The Balaban J connectivity index is 2.33. The van der Waals surface area contributed by atoms with Crippen LogP contribution in [-0.2, 0) is 0 Å². The minimum absolute atomic E-state index is 0.00241. The van der Waals surface area contributed by atoms with Crippen LogP contribution in [0.4, 0.5) is 0 Å². The molecule has 3 aromatic rings. The predicted octanol–water partition coefficient (Wildman–Crippen LogP) is 1.45. The molecule has 0 saturated carbocycles. The summed E-state index contributed by atoms with van der Waals surface area (Å²) < 4.78 is 8.02. The van der Waals surface area contributed by atoms with Crippen molar-refractivity contribution in [1.29, 1.82) is 0 Å². The number of fused-ring (bicyclic) bond motifs is 1. The van der Waals surface area contributed by atoms with Gasteiger partial charge in [-0.15, -0.1) is 0 Å². The fraction of sp³-hybridized carbons (Fsp3) is 0.0769. The number of nitrogens with zero attached hydrogens (tertiary/aromatic N) is 2. The second kappa shape index (κ2) is 4.44. The molecule has 90 valence electrons. The van der Waals surface area contributed by atoms with Gasteiger partial charge >= 0.3 is 109 Å². The van der Waals surface area contributed by atoms with Gasteiger partial charge in [-0.25, -0.2) is 0 Å². The number of hydrogen-bond acceptors (Lipinski definition) is 3. The zero-order valence-corrected chi connectivity index (χ0v) is 11.4. The van der Waals surface area contributed by atoms with Crippen molar-refractivity contribution in [2.75, 3.05) is 7.11 Å². The van der Waals surface area contributed by atoms with E-state index in [1.165, 1.54) is 0 Å². The van der Waals surface area contributed by atoms with Crippen LogP contribution in [0.15, 0.2) is 47.4 Å². The number of hydrogen-bond donors (Lipinski definition) is 0. The van der Waals surface area contributed by atoms with E-state index in [1.807, 2.05) is 36.4 Å². The van der Waals surface area contributed by atoms with Gasteiger partial charge in [-0.2, -0.15) is 0 Å². The predicted molar refractivity (Wildman–Crippen MR) is 70.8 cm³/mol. The van der Waals surface area contributed by atoms with Gasteiger partial charge in [0.2, 0.25) is 0 Å². The zero-order chi connectivity index (χ0) is 12.5. The van der Waals surface area contributed by atoms with E-state index in [9.17, 15) is 4.79 Å². The molecule has 0 spiro atoms. The molecule has 0 bridgehead atoms. The third-order valence-electron chi connectivity index (χ3n) is 2.65. The van der Waals surface area contributed by atoms with E-state index >= 15 is 0 Å². The number of pyridine rings is 1. The molecule has 0 aliphatic heterocycles. The van der Waals surface area contributed by atoms with E-state index in [2.05, 4.69) is 4.98 Å². The molecule has 0 saturated heterocycles. The summed E-state index contributed by atoms with van der Waals surface area (Å²) in [6.45, 7) is 0. The van der Waals surface area contributed by atoms with Crippen LogP contribution >= 0.6 is 0 Å². The molecule has 0 N–H and O–H groups in total. The van der Waals surface area contributed by atoms with Crippen molar-refractivity contribution in [2.24, 2.45) is 0 Å². The summed E-state index contributed by atoms with van der Waals surface area (Å²) in [5.41, 5.74) is 0.00241. The Morgan fingerprint density at radius 2 is 2.11 bits per heavy atom. The molecular formula is C13H10N2O2Se. The third kappa shape index (κ3) is 1.68. The standard InChI is InChI=1S/C13H10N2O2Se/c1-17-10-6-4-5-9-12(10)18-15(13(9)16)11-7-2-3-8-14-11/h2-8H,1H3. The molecule has 0 amide bonds. The van der Waals surface area contributed by atoms with Crippen LogP contribution in [0.25, 0.3) is 15.5 Å². The molecule has 2 aromatic heterocycles. The van der Waals surface area contributed by atoms with Crippen molar-refractivity contribution in [2.45, 2.75) is 0 Å². The van der Waals surface area contributed by atoms with Gasteiger partial charge < -0.3 is 0 Å². The average molecular weight is 305 g/mol. The molecule has 0 atom stereocenters. The molecule has 0 radical (unpaired) electrons. The first-order chi connectivity index (χ1) is 8.81. The van der Waals surface area contributed by atoms with Gasteiger partial charge in [-0.3, -0.25) is 0 Å². The first-order valence-electron chi connectivity index (χ1n) is 5.41. The summed E-state index contributed by atoms with van der Waals surface area (Å²) >= 11 is -0.118. The van der Waals surface area contributed by atoms with Crippen molar-refractivity contribution < 1.29 is 4.74 Å². The van der Waals surface area contributed by atoms with Gasteiger partial charge in [0.05, 0.1) is 0 Å². The van der Waals surface area contributed by atoms with Crippen molar-refractivity contribution in [1.82, 2.24) is 8.55 Å². The summed E-state index contributed by atoms with van der Waals surface area (Å²) in [5, 5.41) is 0.722. The fourth-order valence-corrected chi connectivity index (χ4v) is 4.03. The molecule has 5 heteroatoms. The van der Waals surface area contributed by atoms with Crippen molar-refractivity contribution in [3.8, 4) is 11.6 Å². The van der Waals surface area contributed by atoms with E-state index in [4.69, 9.17) is 4.74 Å². The molecule has 0 unspecified atom stereocenters. The molecular weight excluding hydrogens is 295 g/mol. The Hall–Kier alpha value is -1.84. The maximum absolute atomic E-state index is 12.3. The molecule has 2 heterocycles. The summed E-state index contributed by atoms with van der Waals surface area (Å²) in [6.07, 6.45) is 1.69. The minimum atomic E-state index is -0.118. The van der Waals surface area contributed by atoms with Gasteiger partial charge in [-0.1, -0.05) is 0 Å². The van der Waals surface area contributed by atoms with Crippen LogP contribution in [0, 0.1) is 0 Å². The summed E-state index contributed by atoms with van der Waals surface area (Å²) in [6, 6.07) is 11.1. The Morgan fingerprint density at radius 3 is 2.83 bits per heavy atom. The Morgan fingerprint density at radius 1 is 1.22 bits per heavy atom. The van der Waals surface area contributed by atoms with E-state index in [1.54, 1.807) is 16.9 Å². The molecule has 0 aliphatic rings. The van der Waals surface area contributed by atoms with E-state index < -0.39 is 0 Å².